The van der Waals surface area contributed by atoms with Crippen molar-refractivity contribution in [2.24, 2.45) is 25.0 Å². The average molecular weight is 727 g/mol. The van der Waals surface area contributed by atoms with Crippen LogP contribution in [0.15, 0.2) is 53.8 Å². The van der Waals surface area contributed by atoms with Gasteiger partial charge in [0.2, 0.25) is 0 Å². The number of aryl methyl sites for hydroxylation is 6. The molecule has 1 amide bonds. The van der Waals surface area contributed by atoms with Crippen molar-refractivity contribution in [2.45, 2.75) is 53.5 Å². The van der Waals surface area contributed by atoms with Crippen molar-refractivity contribution in [1.29, 1.82) is 0 Å². The van der Waals surface area contributed by atoms with E-state index in [1.165, 1.54) is 0 Å². The zero-order chi connectivity index (χ0) is 36.5. The number of hydrogen-bond acceptors (Lipinski definition) is 5. The summed E-state index contributed by atoms with van der Waals surface area (Å²) < 4.78 is 12.3. The van der Waals surface area contributed by atoms with E-state index in [9.17, 15) is 10.0 Å². The largest absolute Gasteiger partial charge is 0.494 e. The zero-order valence-electron chi connectivity index (χ0n) is 29.8. The number of hydrogen-bond donors (Lipinski definition) is 2. The van der Waals surface area contributed by atoms with Crippen molar-refractivity contribution in [3.05, 3.63) is 98.0 Å². The number of aromatic nitrogens is 4. The molecule has 7 rings (SSSR count). The topological polar surface area (TPSA) is 116 Å². The number of oxime groups is 1. The molecule has 0 fully saturated rings. The second-order valence-electron chi connectivity index (χ2n) is 13.6. The van der Waals surface area contributed by atoms with Gasteiger partial charge in [-0.15, -0.1) is 0 Å². The number of benzene rings is 3. The molecule has 3 aromatic heterocycles. The molecule has 1 atom stereocenters. The average Bonchev–Trinajstić information content (AvgIpc) is 3.70. The Morgan fingerprint density at radius 1 is 1.04 bits per heavy atom. The molecule has 51 heavy (non-hydrogen) atoms. The maximum absolute atomic E-state index is 15.0. The van der Waals surface area contributed by atoms with E-state index in [1.807, 2.05) is 98.5 Å². The first-order valence-electron chi connectivity index (χ1n) is 17.0. The second-order valence-corrected chi connectivity index (χ2v) is 14.4. The number of amidine groups is 1. The minimum Gasteiger partial charge on any atom is -0.494 e. The first-order valence-corrected chi connectivity index (χ1v) is 17.7. The molecule has 10 nitrogen and oxygen atoms in total. The Bertz CT molecular complexity index is 2400. The van der Waals surface area contributed by atoms with E-state index in [0.717, 1.165) is 77.5 Å². The summed E-state index contributed by atoms with van der Waals surface area (Å²) in [6.07, 6.45) is 3.27. The van der Waals surface area contributed by atoms with E-state index >= 15 is 0 Å². The zero-order valence-corrected chi connectivity index (χ0v) is 31.3. The lowest BCUT2D eigenvalue weighted by molar-refractivity contribution is 0.0957. The van der Waals surface area contributed by atoms with Crippen LogP contribution in [0.4, 0.5) is 5.69 Å². The standard InChI is InChI=1S/C39H41Cl2N7O3/c1-20-15-26(16-21(2)35(20)41)51-14-8-9-27-28-12-13-30(40)34(33-23(4)43-46(7)24(33)5)36(28)48-22(3)18-47(39(49)37(27)48)32-19-45(6)31-17-25(38(42)44-50)10-11-29(31)32/h10-13,15-17,19,22,50H,8-9,14,18H2,1-7H3,(H2,42,44)/t22-/m1/s1. The lowest BCUT2D eigenvalue weighted by Crippen LogP contribution is -2.42. The number of carbonyl (C=O) groups is 1. The number of halogens is 2. The Kier molecular flexibility index (Phi) is 8.80. The van der Waals surface area contributed by atoms with Gasteiger partial charge in [0.05, 0.1) is 34.0 Å². The SMILES string of the molecule is Cc1cc(OCCCc2c3n(c4c(-c5c(C)nn(C)c5C)c(Cl)ccc24)[C@H](C)CN(c2cn(C)c4cc(C(N)=NO)ccc24)C3=O)cc(C)c1Cl. The van der Waals surface area contributed by atoms with Crippen molar-refractivity contribution in [1.82, 2.24) is 18.9 Å². The predicted octanol–water partition coefficient (Wildman–Crippen LogP) is 8.40. The minimum atomic E-state index is -0.0913. The first-order chi connectivity index (χ1) is 24.3. The van der Waals surface area contributed by atoms with E-state index in [0.29, 0.717) is 42.3 Å². The van der Waals surface area contributed by atoms with Crippen LogP contribution in [0.1, 0.15) is 63.5 Å². The van der Waals surface area contributed by atoms with E-state index in [2.05, 4.69) is 16.6 Å². The summed E-state index contributed by atoms with van der Waals surface area (Å²) >= 11 is 13.5. The van der Waals surface area contributed by atoms with Crippen LogP contribution in [0.3, 0.4) is 0 Å². The van der Waals surface area contributed by atoms with Crippen LogP contribution in [0.25, 0.3) is 32.9 Å². The molecule has 0 saturated carbocycles. The van der Waals surface area contributed by atoms with Crippen molar-refractivity contribution in [2.75, 3.05) is 18.1 Å². The van der Waals surface area contributed by atoms with E-state index in [4.69, 9.17) is 38.8 Å². The van der Waals surface area contributed by atoms with Gasteiger partial charge in [-0.05, 0) is 94.5 Å². The number of carbonyl (C=O) groups excluding carboxylic acids is 1. The lowest BCUT2D eigenvalue weighted by Gasteiger charge is -2.34. The fourth-order valence-electron chi connectivity index (χ4n) is 7.73. The van der Waals surface area contributed by atoms with Gasteiger partial charge in [0, 0.05) is 71.1 Å². The highest BCUT2D eigenvalue weighted by molar-refractivity contribution is 6.35. The van der Waals surface area contributed by atoms with Crippen molar-refractivity contribution < 1.29 is 14.7 Å². The minimum absolute atomic E-state index is 0.0235. The molecule has 0 spiro atoms. The van der Waals surface area contributed by atoms with Gasteiger partial charge in [0.15, 0.2) is 5.84 Å². The van der Waals surface area contributed by atoms with Crippen molar-refractivity contribution >= 4 is 62.4 Å². The van der Waals surface area contributed by atoms with Gasteiger partial charge in [0.25, 0.3) is 5.91 Å². The molecule has 3 aromatic carbocycles. The van der Waals surface area contributed by atoms with Gasteiger partial charge in [-0.2, -0.15) is 5.10 Å². The first kappa shape index (κ1) is 34.5. The van der Waals surface area contributed by atoms with Crippen molar-refractivity contribution in [3.8, 4) is 16.9 Å². The summed E-state index contributed by atoms with van der Waals surface area (Å²) in [6.45, 7) is 11.1. The van der Waals surface area contributed by atoms with Crippen LogP contribution in [-0.4, -0.2) is 49.0 Å². The van der Waals surface area contributed by atoms with Crippen LogP contribution in [0.5, 0.6) is 5.75 Å². The summed E-state index contributed by atoms with van der Waals surface area (Å²) in [6, 6.07) is 13.4. The second kappa shape index (κ2) is 13.0. The predicted molar refractivity (Wildman–Crippen MR) is 205 cm³/mol. The number of fused-ring (bicyclic) bond motifs is 4. The molecule has 0 saturated heterocycles. The number of amides is 1. The van der Waals surface area contributed by atoms with Crippen molar-refractivity contribution in [3.63, 3.8) is 0 Å². The summed E-state index contributed by atoms with van der Waals surface area (Å²) in [5.74, 6) is 0.714. The summed E-state index contributed by atoms with van der Waals surface area (Å²) in [4.78, 5) is 16.9. The molecule has 1 aliphatic rings. The molecular formula is C39H41Cl2N7O3. The molecule has 0 aliphatic carbocycles. The third-order valence-electron chi connectivity index (χ3n) is 10.2. The normalized spacial score (nSPS) is 15.0. The smallest absolute Gasteiger partial charge is 0.275 e. The van der Waals surface area contributed by atoms with Gasteiger partial charge in [0.1, 0.15) is 11.4 Å². The van der Waals surface area contributed by atoms with Gasteiger partial charge in [-0.3, -0.25) is 9.48 Å². The lowest BCUT2D eigenvalue weighted by atomic mass is 9.98. The third-order valence-corrected chi connectivity index (χ3v) is 11.1. The molecule has 4 heterocycles. The van der Waals surface area contributed by atoms with Crippen LogP contribution < -0.4 is 15.4 Å². The number of nitrogens with zero attached hydrogens (tertiary/aromatic N) is 6. The maximum atomic E-state index is 15.0. The highest BCUT2D eigenvalue weighted by Crippen LogP contribution is 2.45. The molecule has 3 N–H and O–H groups in total. The summed E-state index contributed by atoms with van der Waals surface area (Å²) in [5.41, 5.74) is 16.4. The molecule has 0 unspecified atom stereocenters. The fourth-order valence-corrected chi connectivity index (χ4v) is 8.09. The molecule has 0 bridgehead atoms. The number of rotatable bonds is 8. The van der Waals surface area contributed by atoms with E-state index < -0.39 is 0 Å². The summed E-state index contributed by atoms with van der Waals surface area (Å²) in [7, 11) is 3.86. The van der Waals surface area contributed by atoms with Gasteiger partial charge < -0.3 is 29.7 Å². The highest BCUT2D eigenvalue weighted by Gasteiger charge is 2.37. The van der Waals surface area contributed by atoms with Crippen LogP contribution in [0, 0.1) is 27.7 Å². The van der Waals surface area contributed by atoms with E-state index in [1.54, 1.807) is 6.07 Å². The van der Waals surface area contributed by atoms with E-state index in [-0.39, 0.29) is 17.8 Å². The fraction of sp³-hybridized carbons (Fsp3) is 0.308. The highest BCUT2D eigenvalue weighted by atomic mass is 35.5. The van der Waals surface area contributed by atoms with Gasteiger partial charge >= 0.3 is 0 Å². The quantitative estimate of drug-likeness (QED) is 0.0538. The molecule has 12 heteroatoms. The molecule has 6 aromatic rings. The van der Waals surface area contributed by atoms with Gasteiger partial charge in [-0.25, -0.2) is 0 Å². The molecular weight excluding hydrogens is 685 g/mol. The molecule has 264 valence electrons. The Hall–Kier alpha value is -4.93. The Morgan fingerprint density at radius 3 is 2.41 bits per heavy atom. The number of nitrogens with two attached hydrogens (primary N) is 1. The Labute approximate surface area is 306 Å². The van der Waals surface area contributed by atoms with Crippen LogP contribution in [0.2, 0.25) is 10.0 Å². The Morgan fingerprint density at radius 2 is 1.75 bits per heavy atom. The van der Waals surface area contributed by atoms with Gasteiger partial charge in [-0.1, -0.05) is 40.5 Å². The van der Waals surface area contributed by atoms with Crippen LogP contribution >= 0.6 is 23.2 Å². The monoisotopic (exact) mass is 725 g/mol. The maximum Gasteiger partial charge on any atom is 0.275 e. The summed E-state index contributed by atoms with van der Waals surface area (Å²) in [5, 5.41) is 20.4. The number of anilines is 1. The number of ether oxygens (including phenoxy) is 1. The van der Waals surface area contributed by atoms with Crippen LogP contribution in [-0.2, 0) is 20.5 Å². The Balaban J connectivity index is 1.36. The molecule has 1 aliphatic heterocycles. The molecule has 0 radical (unpaired) electrons. The third kappa shape index (κ3) is 5.61.